The highest BCUT2D eigenvalue weighted by atomic mass is 32.2. The Morgan fingerprint density at radius 2 is 1.67 bits per heavy atom. The van der Waals surface area contributed by atoms with Gasteiger partial charge in [0.2, 0.25) is 0 Å². The molecular weight excluding hydrogens is 311 g/mol. The Labute approximate surface area is 126 Å². The van der Waals surface area contributed by atoms with Gasteiger partial charge in [0.05, 0.1) is 13.2 Å². The van der Waals surface area contributed by atoms with Gasteiger partial charge in [0, 0.05) is 12.5 Å². The van der Waals surface area contributed by atoms with Crippen LogP contribution in [0, 0.1) is 0 Å². The summed E-state index contributed by atoms with van der Waals surface area (Å²) < 4.78 is 36.0. The molecule has 1 N–H and O–H groups in total. The zero-order valence-corrected chi connectivity index (χ0v) is 14.5. The Hall–Kier alpha value is -0.650. The van der Waals surface area contributed by atoms with Crippen LogP contribution < -0.4 is 0 Å². The van der Waals surface area contributed by atoms with Gasteiger partial charge in [-0.2, -0.15) is 0 Å². The van der Waals surface area contributed by atoms with E-state index in [0.29, 0.717) is 5.56 Å². The third kappa shape index (κ3) is 4.66. The van der Waals surface area contributed by atoms with Crippen molar-refractivity contribution in [2.45, 2.75) is 20.0 Å². The molecule has 1 aromatic rings. The van der Waals surface area contributed by atoms with Crippen molar-refractivity contribution in [3.05, 3.63) is 35.9 Å². The van der Waals surface area contributed by atoms with E-state index >= 15 is 0 Å². The zero-order chi connectivity index (χ0) is 16.1. The summed E-state index contributed by atoms with van der Waals surface area (Å²) in [6.45, 7) is 3.62. The first-order chi connectivity index (χ1) is 9.76. The quantitative estimate of drug-likeness (QED) is 0.613. The van der Waals surface area contributed by atoms with Crippen LogP contribution in [-0.4, -0.2) is 39.6 Å². The SMILES string of the molecule is CCOP(=O)(OCC)C(C(O)c1ccccc1)=S(C)(C)=O. The lowest BCUT2D eigenvalue weighted by Crippen LogP contribution is -2.23. The van der Waals surface area contributed by atoms with Gasteiger partial charge >= 0.3 is 7.60 Å². The van der Waals surface area contributed by atoms with Crippen molar-refractivity contribution >= 4 is 21.7 Å². The Morgan fingerprint density at radius 3 is 2.05 bits per heavy atom. The summed E-state index contributed by atoms with van der Waals surface area (Å²) in [6, 6.07) is 8.65. The van der Waals surface area contributed by atoms with Crippen molar-refractivity contribution in [1.82, 2.24) is 0 Å². The van der Waals surface area contributed by atoms with Crippen LogP contribution >= 0.6 is 7.60 Å². The van der Waals surface area contributed by atoms with Crippen LogP contribution in [-0.2, 0) is 23.1 Å². The van der Waals surface area contributed by atoms with Crippen molar-refractivity contribution in [3.8, 4) is 0 Å². The third-order valence-electron chi connectivity index (χ3n) is 2.72. The molecule has 5 nitrogen and oxygen atoms in total. The summed E-state index contributed by atoms with van der Waals surface area (Å²) in [5, 5.41) is 10.6. The Balaban J connectivity index is 3.45. The molecule has 0 spiro atoms. The van der Waals surface area contributed by atoms with Crippen molar-refractivity contribution in [2.75, 3.05) is 25.7 Å². The second-order valence-corrected chi connectivity index (χ2v) is 9.92. The first kappa shape index (κ1) is 18.4. The molecule has 0 heterocycles. The van der Waals surface area contributed by atoms with Gasteiger partial charge in [-0.25, -0.2) is 0 Å². The summed E-state index contributed by atoms with van der Waals surface area (Å²) in [4.78, 5) is 0. The summed E-state index contributed by atoms with van der Waals surface area (Å²) >= 11 is 0. The van der Waals surface area contributed by atoms with Gasteiger partial charge in [0.15, 0.2) is 0 Å². The third-order valence-corrected chi connectivity index (χ3v) is 7.92. The van der Waals surface area contributed by atoms with Crippen LogP contribution in [0.1, 0.15) is 25.5 Å². The first-order valence-electron chi connectivity index (χ1n) is 6.70. The smallest absolute Gasteiger partial charge is 0.368 e. The van der Waals surface area contributed by atoms with E-state index in [0.717, 1.165) is 0 Å². The maximum absolute atomic E-state index is 13.0. The second-order valence-electron chi connectivity index (χ2n) is 4.72. The second kappa shape index (κ2) is 7.56. The molecule has 120 valence electrons. The van der Waals surface area contributed by atoms with Crippen LogP contribution in [0.4, 0.5) is 0 Å². The number of hydrogen-bond acceptors (Lipinski definition) is 5. The van der Waals surface area contributed by atoms with Crippen LogP contribution in [0.15, 0.2) is 30.3 Å². The predicted octanol–water partition coefficient (Wildman–Crippen LogP) is 2.66. The fourth-order valence-electron chi connectivity index (χ4n) is 1.97. The molecule has 0 saturated heterocycles. The van der Waals surface area contributed by atoms with E-state index in [1.807, 2.05) is 0 Å². The Bertz CT molecular complexity index is 602. The van der Waals surface area contributed by atoms with Gasteiger partial charge in [-0.15, -0.1) is 0 Å². The van der Waals surface area contributed by atoms with Crippen molar-refractivity contribution < 1.29 is 22.9 Å². The molecule has 0 aliphatic heterocycles. The maximum Gasteiger partial charge on any atom is 0.368 e. The fraction of sp³-hybridized carbons (Fsp3) is 0.500. The Kier molecular flexibility index (Phi) is 6.63. The van der Waals surface area contributed by atoms with E-state index in [1.54, 1.807) is 44.2 Å². The summed E-state index contributed by atoms with van der Waals surface area (Å²) in [6.07, 6.45) is 1.59. The van der Waals surface area contributed by atoms with Gasteiger partial charge in [-0.1, -0.05) is 30.3 Å². The molecule has 0 radical (unpaired) electrons. The number of aliphatic hydroxyl groups is 1. The average Bonchev–Trinajstić information content (AvgIpc) is 2.38. The highest BCUT2D eigenvalue weighted by molar-refractivity contribution is 8.11. The van der Waals surface area contributed by atoms with Gasteiger partial charge in [-0.05, 0) is 28.9 Å². The van der Waals surface area contributed by atoms with E-state index in [2.05, 4.69) is 0 Å². The number of rotatable bonds is 7. The molecule has 0 aliphatic rings. The summed E-state index contributed by atoms with van der Waals surface area (Å²) in [7, 11) is -6.49. The summed E-state index contributed by atoms with van der Waals surface area (Å²) in [5.74, 6) is 0. The monoisotopic (exact) mass is 334 g/mol. The lowest BCUT2D eigenvalue weighted by Gasteiger charge is -2.25. The molecule has 21 heavy (non-hydrogen) atoms. The maximum atomic E-state index is 13.0. The van der Waals surface area contributed by atoms with Crippen LogP contribution in [0.2, 0.25) is 0 Å². The molecule has 0 bridgehead atoms. The Morgan fingerprint density at radius 1 is 1.19 bits per heavy atom. The van der Waals surface area contributed by atoms with E-state index in [1.165, 1.54) is 12.5 Å². The molecule has 1 rings (SSSR count). The molecule has 1 atom stereocenters. The van der Waals surface area contributed by atoms with E-state index < -0.39 is 23.2 Å². The zero-order valence-electron chi connectivity index (χ0n) is 12.8. The highest BCUT2D eigenvalue weighted by Crippen LogP contribution is 2.53. The minimum Gasteiger partial charge on any atom is -0.383 e. The molecule has 0 fully saturated rings. The molecule has 0 amide bonds. The normalized spacial score (nSPS) is 14.0. The number of hydrogen-bond donors (Lipinski definition) is 1. The topological polar surface area (TPSA) is 72.8 Å². The van der Waals surface area contributed by atoms with Crippen molar-refractivity contribution in [2.24, 2.45) is 0 Å². The minimum atomic E-state index is -3.78. The highest BCUT2D eigenvalue weighted by Gasteiger charge is 2.38. The minimum absolute atomic E-state index is 0.0788. The largest absolute Gasteiger partial charge is 0.383 e. The fourth-order valence-corrected chi connectivity index (χ4v) is 6.57. The number of aliphatic hydroxyl groups excluding tert-OH is 1. The molecular formula is C14H23O5PS. The number of benzene rings is 1. The van der Waals surface area contributed by atoms with Gasteiger partial charge in [0.1, 0.15) is 10.7 Å². The van der Waals surface area contributed by atoms with Gasteiger partial charge in [0.25, 0.3) is 0 Å². The molecule has 0 aliphatic carbocycles. The average molecular weight is 334 g/mol. The predicted molar refractivity (Wildman–Crippen MR) is 87.3 cm³/mol. The molecule has 7 heteroatoms. The standard InChI is InChI=1S/C14H23O5PS/c1-5-18-20(16,19-6-2)14(21(3,4)17)13(15)12-10-8-7-9-11-12/h7-11,13,15H,5-6H2,1-4H3. The molecule has 1 unspecified atom stereocenters. The van der Waals surface area contributed by atoms with E-state index in [9.17, 15) is 13.9 Å². The molecule has 1 aromatic carbocycles. The lowest BCUT2D eigenvalue weighted by atomic mass is 10.1. The lowest BCUT2D eigenvalue weighted by molar-refractivity contribution is 0.219. The van der Waals surface area contributed by atoms with Gasteiger partial charge in [-0.3, -0.25) is 8.77 Å². The van der Waals surface area contributed by atoms with Crippen molar-refractivity contribution in [1.29, 1.82) is 0 Å². The van der Waals surface area contributed by atoms with Gasteiger partial charge < -0.3 is 14.2 Å². The van der Waals surface area contributed by atoms with Crippen molar-refractivity contribution in [3.63, 3.8) is 0 Å². The van der Waals surface area contributed by atoms with E-state index in [4.69, 9.17) is 9.05 Å². The summed E-state index contributed by atoms with van der Waals surface area (Å²) in [5.41, 5.74) is 0.503. The van der Waals surface area contributed by atoms with E-state index in [-0.39, 0.29) is 17.8 Å². The van der Waals surface area contributed by atoms with Crippen LogP contribution in [0.3, 0.4) is 0 Å². The van der Waals surface area contributed by atoms with Crippen LogP contribution in [0.25, 0.3) is 0 Å². The molecule has 0 aromatic heterocycles. The first-order valence-corrected chi connectivity index (χ1v) is 10.6. The molecule has 0 saturated carbocycles. The van der Waals surface area contributed by atoms with Crippen LogP contribution in [0.5, 0.6) is 0 Å².